The molecule has 0 aliphatic carbocycles. The van der Waals surface area contributed by atoms with E-state index < -0.39 is 10.9 Å². The Balaban J connectivity index is 2.59. The van der Waals surface area contributed by atoms with Gasteiger partial charge in [-0.3, -0.25) is 9.59 Å². The summed E-state index contributed by atoms with van der Waals surface area (Å²) < 4.78 is 0. The SMILES string of the molecule is O=CC1=C[SH](C=O)c2ccccc21. The summed E-state index contributed by atoms with van der Waals surface area (Å²) in [5.41, 5.74) is 2.48. The Hall–Kier alpha value is -1.35. The highest BCUT2D eigenvalue weighted by Gasteiger charge is 2.18. The third kappa shape index (κ3) is 1.21. The van der Waals surface area contributed by atoms with Gasteiger partial charge in [0.05, 0.1) is 0 Å². The molecule has 1 aromatic carbocycles. The van der Waals surface area contributed by atoms with Crippen LogP contribution in [0.1, 0.15) is 5.56 Å². The lowest BCUT2D eigenvalue weighted by molar-refractivity contribution is -0.103. The molecule has 1 aromatic rings. The maximum absolute atomic E-state index is 10.7. The second kappa shape index (κ2) is 3.18. The van der Waals surface area contributed by atoms with Gasteiger partial charge in [0.2, 0.25) is 0 Å². The molecule has 0 amide bonds. The highest BCUT2D eigenvalue weighted by atomic mass is 32.2. The topological polar surface area (TPSA) is 34.1 Å². The Morgan fingerprint density at radius 3 is 2.62 bits per heavy atom. The largest absolute Gasteiger partial charge is 0.298 e. The van der Waals surface area contributed by atoms with Crippen molar-refractivity contribution in [2.24, 2.45) is 0 Å². The van der Waals surface area contributed by atoms with Crippen LogP contribution in [0.2, 0.25) is 0 Å². The molecule has 66 valence electrons. The molecule has 0 saturated heterocycles. The van der Waals surface area contributed by atoms with E-state index in [1.165, 1.54) is 0 Å². The molecule has 2 nitrogen and oxygen atoms in total. The van der Waals surface area contributed by atoms with Gasteiger partial charge in [0.15, 0.2) is 11.9 Å². The fraction of sp³-hybridized carbons (Fsp3) is 0. The number of carbonyl (C=O) groups is 2. The zero-order valence-electron chi connectivity index (χ0n) is 6.81. The summed E-state index contributed by atoms with van der Waals surface area (Å²) in [6.07, 6.45) is 0.810. The monoisotopic (exact) mass is 192 g/mol. The number of carbonyl (C=O) groups excluding carboxylic acids is 2. The fourth-order valence-corrected chi connectivity index (χ4v) is 2.97. The Morgan fingerprint density at radius 1 is 1.15 bits per heavy atom. The molecule has 0 aromatic heterocycles. The first-order valence-electron chi connectivity index (χ1n) is 3.87. The van der Waals surface area contributed by atoms with Crippen LogP contribution in [0.25, 0.3) is 5.57 Å². The first-order chi connectivity index (χ1) is 6.36. The van der Waals surface area contributed by atoms with Gasteiger partial charge >= 0.3 is 0 Å². The Morgan fingerprint density at radius 2 is 1.92 bits per heavy atom. The third-order valence-electron chi connectivity index (χ3n) is 2.01. The average Bonchev–Trinajstić information content (AvgIpc) is 2.56. The summed E-state index contributed by atoms with van der Waals surface area (Å²) in [5, 5.41) is 1.76. The van der Waals surface area contributed by atoms with E-state index in [2.05, 4.69) is 0 Å². The zero-order valence-corrected chi connectivity index (χ0v) is 7.70. The highest BCUT2D eigenvalue weighted by molar-refractivity contribution is 8.31. The van der Waals surface area contributed by atoms with Gasteiger partial charge in [0.1, 0.15) is 0 Å². The lowest BCUT2D eigenvalue weighted by atomic mass is 10.1. The molecule has 1 aliphatic rings. The molecular weight excluding hydrogens is 184 g/mol. The third-order valence-corrected chi connectivity index (χ3v) is 3.74. The number of aldehydes is 1. The van der Waals surface area contributed by atoms with Crippen molar-refractivity contribution >= 4 is 28.4 Å². The molecule has 13 heavy (non-hydrogen) atoms. The van der Waals surface area contributed by atoms with E-state index >= 15 is 0 Å². The van der Waals surface area contributed by atoms with Crippen LogP contribution in [0.3, 0.4) is 0 Å². The van der Waals surface area contributed by atoms with Crippen LogP contribution in [0.15, 0.2) is 34.6 Å². The van der Waals surface area contributed by atoms with Crippen molar-refractivity contribution < 1.29 is 9.59 Å². The van der Waals surface area contributed by atoms with Crippen LogP contribution in [0.4, 0.5) is 0 Å². The predicted octanol–water partition coefficient (Wildman–Crippen LogP) is 1.79. The van der Waals surface area contributed by atoms with E-state index in [0.717, 1.165) is 22.4 Å². The van der Waals surface area contributed by atoms with Crippen LogP contribution in [0.5, 0.6) is 0 Å². The minimum absolute atomic E-state index is 0.647. The molecule has 1 aliphatic heterocycles. The van der Waals surface area contributed by atoms with Gasteiger partial charge < -0.3 is 0 Å². The molecule has 0 bridgehead atoms. The molecule has 1 heterocycles. The lowest BCUT2D eigenvalue weighted by Gasteiger charge is -2.04. The van der Waals surface area contributed by atoms with Gasteiger partial charge in [0.25, 0.3) is 0 Å². The molecule has 0 radical (unpaired) electrons. The minimum atomic E-state index is -0.878. The molecule has 0 N–H and O–H groups in total. The fourth-order valence-electron chi connectivity index (χ4n) is 1.41. The minimum Gasteiger partial charge on any atom is -0.298 e. The van der Waals surface area contributed by atoms with Crippen molar-refractivity contribution in [1.29, 1.82) is 0 Å². The van der Waals surface area contributed by atoms with Crippen molar-refractivity contribution in [3.05, 3.63) is 35.2 Å². The van der Waals surface area contributed by atoms with Gasteiger partial charge in [-0.2, -0.15) is 0 Å². The smallest absolute Gasteiger partial charge is 0.164 e. The number of hydrogen-bond acceptors (Lipinski definition) is 2. The molecular formula is C10H8O2S. The van der Waals surface area contributed by atoms with Crippen molar-refractivity contribution in [1.82, 2.24) is 0 Å². The molecule has 0 fully saturated rings. The van der Waals surface area contributed by atoms with E-state index in [9.17, 15) is 9.59 Å². The highest BCUT2D eigenvalue weighted by Crippen LogP contribution is 2.46. The Labute approximate surface area is 78.6 Å². The quantitative estimate of drug-likeness (QED) is 0.572. The van der Waals surface area contributed by atoms with Crippen LogP contribution >= 0.6 is 10.9 Å². The number of thiol groups is 1. The van der Waals surface area contributed by atoms with E-state index in [1.807, 2.05) is 24.3 Å². The number of hydrogen-bond donors (Lipinski definition) is 1. The van der Waals surface area contributed by atoms with Crippen molar-refractivity contribution in [2.75, 3.05) is 0 Å². The van der Waals surface area contributed by atoms with E-state index in [-0.39, 0.29) is 0 Å². The van der Waals surface area contributed by atoms with Gasteiger partial charge in [-0.05, 0) is 17.0 Å². The second-order valence-electron chi connectivity index (χ2n) is 2.73. The number of fused-ring (bicyclic) bond motifs is 1. The van der Waals surface area contributed by atoms with Gasteiger partial charge in [-0.1, -0.05) is 18.2 Å². The van der Waals surface area contributed by atoms with E-state index in [0.29, 0.717) is 5.57 Å². The van der Waals surface area contributed by atoms with Gasteiger partial charge in [-0.15, -0.1) is 10.9 Å². The summed E-state index contributed by atoms with van der Waals surface area (Å²) in [6.45, 7) is 0. The summed E-state index contributed by atoms with van der Waals surface area (Å²) in [7, 11) is -0.878. The second-order valence-corrected chi connectivity index (χ2v) is 4.50. The van der Waals surface area contributed by atoms with Gasteiger partial charge in [-0.25, -0.2) is 0 Å². The maximum atomic E-state index is 10.7. The van der Waals surface area contributed by atoms with Crippen molar-refractivity contribution in [3.8, 4) is 0 Å². The summed E-state index contributed by atoms with van der Waals surface area (Å²) in [5.74, 6) is 0. The van der Waals surface area contributed by atoms with E-state index in [4.69, 9.17) is 0 Å². The first-order valence-corrected chi connectivity index (χ1v) is 5.35. The van der Waals surface area contributed by atoms with Crippen LogP contribution in [-0.2, 0) is 9.59 Å². The number of allylic oxidation sites excluding steroid dienone is 1. The van der Waals surface area contributed by atoms with Crippen molar-refractivity contribution in [3.63, 3.8) is 0 Å². The molecule has 1 unspecified atom stereocenters. The molecule has 2 rings (SSSR count). The average molecular weight is 192 g/mol. The molecule has 3 heteroatoms. The number of benzene rings is 1. The molecule has 1 atom stereocenters. The van der Waals surface area contributed by atoms with Crippen LogP contribution in [0, 0.1) is 0 Å². The Bertz CT molecular complexity index is 396. The summed E-state index contributed by atoms with van der Waals surface area (Å²) in [6, 6.07) is 7.54. The summed E-state index contributed by atoms with van der Waals surface area (Å²) in [4.78, 5) is 22.4. The van der Waals surface area contributed by atoms with Crippen molar-refractivity contribution in [2.45, 2.75) is 4.90 Å². The normalized spacial score (nSPS) is 21.8. The zero-order chi connectivity index (χ0) is 9.26. The van der Waals surface area contributed by atoms with Crippen LogP contribution in [-0.4, -0.2) is 11.9 Å². The first kappa shape index (κ1) is 8.26. The summed E-state index contributed by atoms with van der Waals surface area (Å²) >= 11 is 0. The molecule has 0 spiro atoms. The number of rotatable bonds is 2. The van der Waals surface area contributed by atoms with E-state index in [1.54, 1.807) is 5.41 Å². The molecule has 0 saturated carbocycles. The van der Waals surface area contributed by atoms with Gasteiger partial charge in [0, 0.05) is 10.5 Å². The standard InChI is InChI=1S/C10H8O2S/c11-5-8-6-13(7-12)10-4-2-1-3-9(8)10/h1-7,13H. The Kier molecular flexibility index (Phi) is 2.02. The predicted molar refractivity (Wildman–Crippen MR) is 54.5 cm³/mol. The van der Waals surface area contributed by atoms with Crippen LogP contribution < -0.4 is 0 Å². The lowest BCUT2D eigenvalue weighted by Crippen LogP contribution is -1.82. The maximum Gasteiger partial charge on any atom is 0.164 e.